The van der Waals surface area contributed by atoms with Crippen molar-refractivity contribution in [2.45, 2.75) is 96.8 Å². The molecule has 0 spiro atoms. The third-order valence-electron chi connectivity index (χ3n) is 6.20. The summed E-state index contributed by atoms with van der Waals surface area (Å²) >= 11 is 0. The van der Waals surface area contributed by atoms with Gasteiger partial charge in [0.25, 0.3) is 0 Å². The van der Waals surface area contributed by atoms with Crippen LogP contribution in [0.2, 0.25) is 36.3 Å². The summed E-state index contributed by atoms with van der Waals surface area (Å²) in [5, 5.41) is 0.309. The van der Waals surface area contributed by atoms with Gasteiger partial charge in [0.1, 0.15) is 0 Å². The van der Waals surface area contributed by atoms with Crippen molar-refractivity contribution in [2.75, 3.05) is 13.2 Å². The molecule has 0 radical (unpaired) electrons. The van der Waals surface area contributed by atoms with Crippen LogP contribution in [0.4, 0.5) is 0 Å². The smallest absolute Gasteiger partial charge is 0.333 e. The van der Waals surface area contributed by atoms with Crippen molar-refractivity contribution in [1.82, 2.24) is 0 Å². The molecule has 152 valence electrons. The van der Waals surface area contributed by atoms with Crippen molar-refractivity contribution in [3.05, 3.63) is 11.6 Å². The number of cyclic esters (lactones) is 1. The van der Waals surface area contributed by atoms with E-state index in [9.17, 15) is 4.79 Å². The highest BCUT2D eigenvalue weighted by molar-refractivity contribution is 6.74. The van der Waals surface area contributed by atoms with Crippen LogP contribution in [0.15, 0.2) is 11.6 Å². The molecular weight excluding hydrogens is 360 g/mol. The standard InChI is InChI=1S/C20H40O4Si2/c1-19(2,3)25(7,8)23-15-17(24-26(9,10)20(4,5)6)12-11-16-13-14-22-18(16)21/h11,17H,12-15H2,1-10H3/b16-11+/t17-/m1/s1. The molecule has 0 bridgehead atoms. The summed E-state index contributed by atoms with van der Waals surface area (Å²) in [4.78, 5) is 11.7. The van der Waals surface area contributed by atoms with Gasteiger partial charge in [0, 0.05) is 12.0 Å². The van der Waals surface area contributed by atoms with Crippen molar-refractivity contribution in [3.8, 4) is 0 Å². The minimum absolute atomic E-state index is 0.0223. The summed E-state index contributed by atoms with van der Waals surface area (Å²) < 4.78 is 18.1. The predicted molar refractivity (Wildman–Crippen MR) is 113 cm³/mol. The van der Waals surface area contributed by atoms with Gasteiger partial charge >= 0.3 is 5.97 Å². The Labute approximate surface area is 162 Å². The maximum Gasteiger partial charge on any atom is 0.333 e. The molecule has 1 saturated heterocycles. The molecule has 1 heterocycles. The molecule has 0 amide bonds. The third kappa shape index (κ3) is 6.32. The lowest BCUT2D eigenvalue weighted by Gasteiger charge is -2.41. The topological polar surface area (TPSA) is 44.8 Å². The second kappa shape index (κ2) is 8.29. The molecule has 1 rings (SSSR count). The predicted octanol–water partition coefficient (Wildman–Crippen LogP) is 5.66. The quantitative estimate of drug-likeness (QED) is 0.314. The first-order valence-corrected chi connectivity index (χ1v) is 15.6. The van der Waals surface area contributed by atoms with Crippen LogP contribution in [0, 0.1) is 0 Å². The first-order valence-electron chi connectivity index (χ1n) is 9.75. The molecule has 6 heteroatoms. The minimum Gasteiger partial charge on any atom is -0.462 e. The zero-order valence-corrected chi connectivity index (χ0v) is 20.6. The molecular formula is C20H40O4Si2. The lowest BCUT2D eigenvalue weighted by atomic mass is 10.1. The summed E-state index contributed by atoms with van der Waals surface area (Å²) in [6.45, 7) is 23.6. The summed E-state index contributed by atoms with van der Waals surface area (Å²) in [5.74, 6) is -0.179. The monoisotopic (exact) mass is 400 g/mol. The molecule has 0 N–H and O–H groups in total. The van der Waals surface area contributed by atoms with Gasteiger partial charge in [-0.2, -0.15) is 0 Å². The Bertz CT molecular complexity index is 525. The zero-order chi connectivity index (χ0) is 20.4. The van der Waals surface area contributed by atoms with Crippen LogP contribution >= 0.6 is 0 Å². The SMILES string of the molecule is CC(C)(C)[Si](C)(C)OC[C@@H](C/C=C1\CCOC1=O)O[Si](C)(C)C(C)(C)C. The van der Waals surface area contributed by atoms with Crippen molar-refractivity contribution in [1.29, 1.82) is 0 Å². The van der Waals surface area contributed by atoms with Crippen LogP contribution in [0.1, 0.15) is 54.4 Å². The van der Waals surface area contributed by atoms with Gasteiger partial charge in [0.2, 0.25) is 0 Å². The normalized spacial score (nSPS) is 19.8. The Morgan fingerprint density at radius 3 is 2.00 bits per heavy atom. The summed E-state index contributed by atoms with van der Waals surface area (Å²) in [5.41, 5.74) is 0.779. The maximum absolute atomic E-state index is 11.7. The van der Waals surface area contributed by atoms with Crippen LogP contribution in [0.5, 0.6) is 0 Å². The Morgan fingerprint density at radius 2 is 1.58 bits per heavy atom. The Balaban J connectivity index is 2.89. The molecule has 0 saturated carbocycles. The highest BCUT2D eigenvalue weighted by Gasteiger charge is 2.41. The average Bonchev–Trinajstić information content (AvgIpc) is 2.84. The Kier molecular flexibility index (Phi) is 7.52. The molecule has 1 aliphatic rings. The maximum atomic E-state index is 11.7. The third-order valence-corrected chi connectivity index (χ3v) is 15.2. The van der Waals surface area contributed by atoms with E-state index in [1.54, 1.807) is 0 Å². The van der Waals surface area contributed by atoms with E-state index in [0.29, 0.717) is 26.1 Å². The van der Waals surface area contributed by atoms with E-state index in [-0.39, 0.29) is 22.1 Å². The first-order chi connectivity index (χ1) is 11.6. The van der Waals surface area contributed by atoms with Crippen molar-refractivity contribution >= 4 is 22.6 Å². The molecule has 1 aliphatic heterocycles. The molecule has 4 nitrogen and oxygen atoms in total. The Morgan fingerprint density at radius 1 is 1.04 bits per heavy atom. The van der Waals surface area contributed by atoms with Crippen LogP contribution in [-0.4, -0.2) is 41.9 Å². The van der Waals surface area contributed by atoms with Crippen molar-refractivity contribution in [2.24, 2.45) is 0 Å². The average molecular weight is 401 g/mol. The van der Waals surface area contributed by atoms with Gasteiger partial charge in [-0.3, -0.25) is 0 Å². The van der Waals surface area contributed by atoms with E-state index >= 15 is 0 Å². The lowest BCUT2D eigenvalue weighted by molar-refractivity contribution is -0.135. The van der Waals surface area contributed by atoms with E-state index in [1.165, 1.54) is 0 Å². The highest BCUT2D eigenvalue weighted by Crippen LogP contribution is 2.39. The number of hydrogen-bond acceptors (Lipinski definition) is 4. The molecule has 0 aliphatic carbocycles. The number of esters is 1. The molecule has 0 aromatic carbocycles. The second-order valence-corrected chi connectivity index (χ2v) is 20.0. The second-order valence-electron chi connectivity index (χ2n) is 10.4. The van der Waals surface area contributed by atoms with Gasteiger partial charge < -0.3 is 13.6 Å². The van der Waals surface area contributed by atoms with E-state index in [1.807, 2.05) is 6.08 Å². The highest BCUT2D eigenvalue weighted by atomic mass is 28.4. The molecule has 1 atom stereocenters. The number of hydrogen-bond donors (Lipinski definition) is 0. The lowest BCUT2D eigenvalue weighted by Crippen LogP contribution is -2.47. The van der Waals surface area contributed by atoms with Crippen LogP contribution in [-0.2, 0) is 18.4 Å². The van der Waals surface area contributed by atoms with Crippen molar-refractivity contribution in [3.63, 3.8) is 0 Å². The van der Waals surface area contributed by atoms with E-state index in [4.69, 9.17) is 13.6 Å². The van der Waals surface area contributed by atoms with Crippen LogP contribution in [0.3, 0.4) is 0 Å². The minimum atomic E-state index is -1.91. The molecule has 0 aromatic rings. The number of carbonyl (C=O) groups excluding carboxylic acids is 1. The van der Waals surface area contributed by atoms with E-state index < -0.39 is 16.6 Å². The van der Waals surface area contributed by atoms with Gasteiger partial charge in [-0.1, -0.05) is 47.6 Å². The van der Waals surface area contributed by atoms with Gasteiger partial charge in [0.05, 0.1) is 19.3 Å². The van der Waals surface area contributed by atoms with Gasteiger partial charge in [-0.25, -0.2) is 4.79 Å². The number of ether oxygens (including phenoxy) is 1. The molecule has 0 aromatic heterocycles. The first kappa shape index (κ1) is 23.6. The molecule has 26 heavy (non-hydrogen) atoms. The number of rotatable bonds is 7. The van der Waals surface area contributed by atoms with Crippen LogP contribution in [0.25, 0.3) is 0 Å². The van der Waals surface area contributed by atoms with E-state index in [0.717, 1.165) is 5.57 Å². The fourth-order valence-corrected chi connectivity index (χ4v) is 4.56. The fourth-order valence-electron chi connectivity index (χ4n) is 2.17. The molecule has 0 unspecified atom stereocenters. The van der Waals surface area contributed by atoms with Crippen LogP contribution < -0.4 is 0 Å². The summed E-state index contributed by atoms with van der Waals surface area (Å²) in [6, 6.07) is 0. The number of carbonyl (C=O) groups is 1. The largest absolute Gasteiger partial charge is 0.462 e. The molecule has 1 fully saturated rings. The zero-order valence-electron chi connectivity index (χ0n) is 18.6. The van der Waals surface area contributed by atoms with E-state index in [2.05, 4.69) is 67.7 Å². The van der Waals surface area contributed by atoms with Gasteiger partial charge in [0.15, 0.2) is 16.6 Å². The summed E-state index contributed by atoms with van der Waals surface area (Å²) in [7, 11) is -3.75. The van der Waals surface area contributed by atoms with Gasteiger partial charge in [-0.15, -0.1) is 0 Å². The summed E-state index contributed by atoms with van der Waals surface area (Å²) in [6.07, 6.45) is 3.38. The Hall–Kier alpha value is -0.436. The fraction of sp³-hybridized carbons (Fsp3) is 0.850. The van der Waals surface area contributed by atoms with Crippen molar-refractivity contribution < 1.29 is 18.4 Å². The van der Waals surface area contributed by atoms with Gasteiger partial charge in [-0.05, 0) is 42.7 Å².